The Bertz CT molecular complexity index is 826. The zero-order chi connectivity index (χ0) is 24.5. The third kappa shape index (κ3) is 10.7. The molecule has 180 valence electrons. The second-order valence-corrected chi connectivity index (χ2v) is 9.19. The normalized spacial score (nSPS) is 13.2. The Hall–Kier alpha value is -2.53. The SMILES string of the molecule is CC(C)(C)OC(=O)N/C(=C\C(C)(C)OC(N)=O)NCC(O)c1ccc(OCCF)c(Br)c1. The van der Waals surface area contributed by atoms with Crippen molar-refractivity contribution in [3.8, 4) is 5.75 Å². The summed E-state index contributed by atoms with van der Waals surface area (Å²) in [7, 11) is 0. The van der Waals surface area contributed by atoms with Crippen molar-refractivity contribution < 1.29 is 33.3 Å². The van der Waals surface area contributed by atoms with Crippen molar-refractivity contribution in [3.05, 3.63) is 40.1 Å². The summed E-state index contributed by atoms with van der Waals surface area (Å²) in [5, 5.41) is 16.0. The van der Waals surface area contributed by atoms with Crippen LogP contribution in [0.1, 0.15) is 46.3 Å². The van der Waals surface area contributed by atoms with Gasteiger partial charge in [-0.1, -0.05) is 6.07 Å². The summed E-state index contributed by atoms with van der Waals surface area (Å²) in [4.78, 5) is 23.3. The van der Waals surface area contributed by atoms with Crippen molar-refractivity contribution in [1.82, 2.24) is 10.6 Å². The maximum atomic E-state index is 12.3. The average Bonchev–Trinajstić information content (AvgIpc) is 2.61. The van der Waals surface area contributed by atoms with E-state index in [1.54, 1.807) is 52.8 Å². The molecule has 0 saturated carbocycles. The van der Waals surface area contributed by atoms with Gasteiger partial charge < -0.3 is 30.4 Å². The van der Waals surface area contributed by atoms with Gasteiger partial charge in [0.15, 0.2) is 0 Å². The molecule has 0 aliphatic carbocycles. The van der Waals surface area contributed by atoms with E-state index < -0.39 is 36.2 Å². The first-order valence-corrected chi connectivity index (χ1v) is 10.6. The number of alkyl carbamates (subject to hydrolysis) is 1. The molecule has 0 fully saturated rings. The van der Waals surface area contributed by atoms with E-state index in [-0.39, 0.29) is 19.0 Å². The van der Waals surface area contributed by atoms with Crippen molar-refractivity contribution in [2.75, 3.05) is 19.8 Å². The van der Waals surface area contributed by atoms with Gasteiger partial charge in [-0.3, -0.25) is 5.32 Å². The van der Waals surface area contributed by atoms with Gasteiger partial charge in [0.25, 0.3) is 0 Å². The average molecular weight is 520 g/mol. The molecule has 0 aliphatic heterocycles. The Kier molecular flexibility index (Phi) is 10.2. The van der Waals surface area contributed by atoms with E-state index in [1.165, 1.54) is 6.08 Å². The van der Waals surface area contributed by atoms with Crippen molar-refractivity contribution >= 4 is 28.1 Å². The number of nitrogens with one attached hydrogen (secondary N) is 2. The Morgan fingerprint density at radius 1 is 1.25 bits per heavy atom. The number of carbonyl (C=O) groups excluding carboxylic acids is 2. The number of hydrogen-bond acceptors (Lipinski definition) is 7. The molecule has 0 saturated heterocycles. The quantitative estimate of drug-likeness (QED) is 0.370. The van der Waals surface area contributed by atoms with Crippen molar-refractivity contribution in [3.63, 3.8) is 0 Å². The van der Waals surface area contributed by atoms with Gasteiger partial charge in [-0.25, -0.2) is 14.0 Å². The summed E-state index contributed by atoms with van der Waals surface area (Å²) >= 11 is 3.32. The largest absolute Gasteiger partial charge is 0.490 e. The maximum absolute atomic E-state index is 12.3. The van der Waals surface area contributed by atoms with Crippen LogP contribution in [-0.2, 0) is 9.47 Å². The fourth-order valence-corrected chi connectivity index (χ4v) is 3.01. The lowest BCUT2D eigenvalue weighted by Crippen LogP contribution is -2.40. The molecule has 32 heavy (non-hydrogen) atoms. The van der Waals surface area contributed by atoms with Crippen LogP contribution in [0.2, 0.25) is 0 Å². The monoisotopic (exact) mass is 519 g/mol. The number of amides is 2. The summed E-state index contributed by atoms with van der Waals surface area (Å²) in [6.45, 7) is 7.58. The molecule has 1 aromatic rings. The van der Waals surface area contributed by atoms with Crippen molar-refractivity contribution in [2.45, 2.75) is 51.9 Å². The van der Waals surface area contributed by atoms with Crippen LogP contribution in [0.15, 0.2) is 34.6 Å². The van der Waals surface area contributed by atoms with Crippen molar-refractivity contribution in [2.24, 2.45) is 5.73 Å². The van der Waals surface area contributed by atoms with E-state index in [1.807, 2.05) is 0 Å². The van der Waals surface area contributed by atoms with Gasteiger partial charge >= 0.3 is 12.2 Å². The molecular formula is C21H31BrFN3O6. The number of aliphatic hydroxyl groups is 1. The molecule has 0 aliphatic rings. The minimum atomic E-state index is -1.16. The molecular weight excluding hydrogens is 489 g/mol. The second-order valence-electron chi connectivity index (χ2n) is 8.33. The molecule has 0 aromatic heterocycles. The fraction of sp³-hybridized carbons (Fsp3) is 0.524. The van der Waals surface area contributed by atoms with Crippen LogP contribution in [0.5, 0.6) is 5.75 Å². The molecule has 5 N–H and O–H groups in total. The highest BCUT2D eigenvalue weighted by Crippen LogP contribution is 2.28. The van der Waals surface area contributed by atoms with Gasteiger partial charge in [0.1, 0.15) is 36.1 Å². The van der Waals surface area contributed by atoms with Crippen LogP contribution in [0, 0.1) is 0 Å². The van der Waals surface area contributed by atoms with Crippen LogP contribution in [0.3, 0.4) is 0 Å². The summed E-state index contributed by atoms with van der Waals surface area (Å²) in [6, 6.07) is 4.89. The molecule has 1 rings (SSSR count). The highest BCUT2D eigenvalue weighted by Gasteiger charge is 2.23. The number of benzene rings is 1. The van der Waals surface area contributed by atoms with Gasteiger partial charge in [-0.2, -0.15) is 0 Å². The lowest BCUT2D eigenvalue weighted by molar-refractivity contribution is 0.0536. The molecule has 0 heterocycles. The number of hydrogen-bond donors (Lipinski definition) is 4. The molecule has 9 nitrogen and oxygen atoms in total. The third-order valence-electron chi connectivity index (χ3n) is 3.65. The second kappa shape index (κ2) is 11.9. The number of rotatable bonds is 10. The summed E-state index contributed by atoms with van der Waals surface area (Å²) in [6.07, 6.45) is -1.27. The van der Waals surface area contributed by atoms with E-state index in [9.17, 15) is 19.1 Å². The predicted molar refractivity (Wildman–Crippen MR) is 121 cm³/mol. The number of halogens is 2. The van der Waals surface area contributed by atoms with Gasteiger partial charge in [0.05, 0.1) is 10.6 Å². The molecule has 1 unspecified atom stereocenters. The lowest BCUT2D eigenvalue weighted by Gasteiger charge is -2.25. The van der Waals surface area contributed by atoms with Crippen LogP contribution >= 0.6 is 15.9 Å². The number of primary amides is 1. The molecule has 0 spiro atoms. The molecule has 11 heteroatoms. The Labute approximate surface area is 195 Å². The Balaban J connectivity index is 2.95. The van der Waals surface area contributed by atoms with E-state index in [2.05, 4.69) is 26.6 Å². The maximum Gasteiger partial charge on any atom is 0.413 e. The molecule has 0 bridgehead atoms. The third-order valence-corrected chi connectivity index (χ3v) is 4.27. The Morgan fingerprint density at radius 3 is 2.44 bits per heavy atom. The minimum absolute atomic E-state index is 0.00853. The predicted octanol–water partition coefficient (Wildman–Crippen LogP) is 3.66. The number of alkyl halides is 1. The molecule has 2 amide bonds. The van der Waals surface area contributed by atoms with E-state index in [4.69, 9.17) is 19.9 Å². The number of aliphatic hydroxyl groups excluding tert-OH is 1. The van der Waals surface area contributed by atoms with Crippen LogP contribution < -0.4 is 21.1 Å². The fourth-order valence-electron chi connectivity index (χ4n) is 2.50. The minimum Gasteiger partial charge on any atom is -0.490 e. The number of ether oxygens (including phenoxy) is 3. The first-order chi connectivity index (χ1) is 14.7. The van der Waals surface area contributed by atoms with Crippen molar-refractivity contribution in [1.29, 1.82) is 0 Å². The molecule has 1 aromatic carbocycles. The highest BCUT2D eigenvalue weighted by atomic mass is 79.9. The molecule has 0 radical (unpaired) electrons. The topological polar surface area (TPSA) is 132 Å². The van der Waals surface area contributed by atoms with Crippen LogP contribution in [-0.4, -0.2) is 48.3 Å². The smallest absolute Gasteiger partial charge is 0.413 e. The van der Waals surface area contributed by atoms with E-state index in [0.29, 0.717) is 15.8 Å². The zero-order valence-corrected chi connectivity index (χ0v) is 20.4. The van der Waals surface area contributed by atoms with Gasteiger partial charge in [0, 0.05) is 6.54 Å². The Morgan fingerprint density at radius 2 is 1.91 bits per heavy atom. The summed E-state index contributed by atoms with van der Waals surface area (Å²) in [5.41, 5.74) is 3.75. The summed E-state index contributed by atoms with van der Waals surface area (Å²) in [5.74, 6) is 0.593. The number of nitrogens with two attached hydrogens (primary N) is 1. The van der Waals surface area contributed by atoms with Gasteiger partial charge in [0.2, 0.25) is 0 Å². The summed E-state index contributed by atoms with van der Waals surface area (Å²) < 4.78 is 28.4. The van der Waals surface area contributed by atoms with Crippen LogP contribution in [0.25, 0.3) is 0 Å². The van der Waals surface area contributed by atoms with Gasteiger partial charge in [-0.15, -0.1) is 0 Å². The highest BCUT2D eigenvalue weighted by molar-refractivity contribution is 9.10. The molecule has 1 atom stereocenters. The number of carbonyl (C=O) groups is 2. The van der Waals surface area contributed by atoms with Gasteiger partial charge in [-0.05, 0) is 74.3 Å². The lowest BCUT2D eigenvalue weighted by atomic mass is 10.1. The zero-order valence-electron chi connectivity index (χ0n) is 18.8. The van der Waals surface area contributed by atoms with Crippen LogP contribution in [0.4, 0.5) is 14.0 Å². The van der Waals surface area contributed by atoms with E-state index >= 15 is 0 Å². The first kappa shape index (κ1) is 27.5. The standard InChI is InChI=1S/C21H31BrFN3O6/c1-20(2,3)32-19(29)26-17(11-21(4,5)31-18(24)28)25-12-15(27)13-6-7-16(14(22)10-13)30-9-8-23/h6-7,10-11,15,25,27H,8-9,12H2,1-5H3,(H2,24,28)(H,26,29)/b17-11-. The van der Waals surface area contributed by atoms with E-state index in [0.717, 1.165) is 0 Å². The first-order valence-electron chi connectivity index (χ1n) is 9.84.